The van der Waals surface area contributed by atoms with Crippen LogP contribution in [-0.4, -0.2) is 42.7 Å². The summed E-state index contributed by atoms with van der Waals surface area (Å²) in [5.74, 6) is 2.81. The number of hydrogen-bond donors (Lipinski definition) is 3. The Bertz CT molecular complexity index is 914. The van der Waals surface area contributed by atoms with Crippen LogP contribution in [0, 0.1) is 6.92 Å². The monoisotopic (exact) mass is 393 g/mol. The highest BCUT2D eigenvalue weighted by Gasteiger charge is 2.05. The highest BCUT2D eigenvalue weighted by molar-refractivity contribution is 5.79. The van der Waals surface area contributed by atoms with Gasteiger partial charge < -0.3 is 20.4 Å². The molecule has 0 spiro atoms. The van der Waals surface area contributed by atoms with Crippen LogP contribution in [0.2, 0.25) is 0 Å². The second kappa shape index (κ2) is 10.5. The molecule has 1 heterocycles. The van der Waals surface area contributed by atoms with Gasteiger partial charge in [-0.1, -0.05) is 29.8 Å². The van der Waals surface area contributed by atoms with Gasteiger partial charge in [-0.25, -0.2) is 4.98 Å². The van der Waals surface area contributed by atoms with E-state index < -0.39 is 0 Å². The molecule has 3 N–H and O–H groups in total. The molecule has 3 rings (SSSR count). The summed E-state index contributed by atoms with van der Waals surface area (Å²) in [5.41, 5.74) is 4.56. The van der Waals surface area contributed by atoms with Crippen molar-refractivity contribution < 1.29 is 4.74 Å². The zero-order valence-corrected chi connectivity index (χ0v) is 17.6. The van der Waals surface area contributed by atoms with E-state index in [1.807, 2.05) is 24.3 Å². The van der Waals surface area contributed by atoms with E-state index in [9.17, 15) is 0 Å². The number of imidazole rings is 1. The van der Waals surface area contributed by atoms with Gasteiger partial charge >= 0.3 is 0 Å². The molecule has 0 unspecified atom stereocenters. The van der Waals surface area contributed by atoms with Crippen LogP contribution in [0.5, 0.6) is 5.75 Å². The first-order chi connectivity index (χ1) is 14.2. The maximum Gasteiger partial charge on any atom is 0.191 e. The van der Waals surface area contributed by atoms with Crippen molar-refractivity contribution in [1.82, 2.24) is 20.6 Å². The van der Waals surface area contributed by atoms with Crippen molar-refractivity contribution in [3.8, 4) is 5.75 Å². The predicted molar refractivity (Wildman–Crippen MR) is 120 cm³/mol. The second-order valence-electron chi connectivity index (χ2n) is 7.06. The van der Waals surface area contributed by atoms with Gasteiger partial charge in [0, 0.05) is 26.1 Å². The van der Waals surface area contributed by atoms with Gasteiger partial charge in [0.2, 0.25) is 0 Å². The smallest absolute Gasteiger partial charge is 0.191 e. The average Bonchev–Trinajstić information content (AvgIpc) is 3.14. The number of aliphatic imine (C=N–C) groups is 1. The number of nitrogens with zero attached hydrogens (tertiary/aromatic N) is 2. The van der Waals surface area contributed by atoms with Crippen molar-refractivity contribution in [2.45, 2.75) is 33.1 Å². The Labute approximate surface area is 172 Å². The van der Waals surface area contributed by atoms with Crippen molar-refractivity contribution in [3.05, 3.63) is 59.4 Å². The van der Waals surface area contributed by atoms with E-state index in [0.29, 0.717) is 0 Å². The Balaban J connectivity index is 1.48. The largest absolute Gasteiger partial charge is 0.496 e. The Morgan fingerprint density at radius 2 is 2.00 bits per heavy atom. The third-order valence-electron chi connectivity index (χ3n) is 4.75. The third kappa shape index (κ3) is 5.98. The summed E-state index contributed by atoms with van der Waals surface area (Å²) >= 11 is 0. The molecule has 0 aliphatic heterocycles. The Morgan fingerprint density at radius 3 is 2.79 bits per heavy atom. The molecule has 0 atom stereocenters. The summed E-state index contributed by atoms with van der Waals surface area (Å²) in [7, 11) is 1.72. The number of para-hydroxylation sites is 2. The number of aryl methyl sites for hydroxylation is 2. The summed E-state index contributed by atoms with van der Waals surface area (Å²) in [4.78, 5) is 12.7. The van der Waals surface area contributed by atoms with Crippen molar-refractivity contribution in [1.29, 1.82) is 0 Å². The van der Waals surface area contributed by atoms with E-state index in [1.54, 1.807) is 7.11 Å². The summed E-state index contributed by atoms with van der Waals surface area (Å²) < 4.78 is 5.47. The van der Waals surface area contributed by atoms with Crippen LogP contribution in [0.1, 0.15) is 30.3 Å². The van der Waals surface area contributed by atoms with Crippen LogP contribution >= 0.6 is 0 Å². The van der Waals surface area contributed by atoms with E-state index in [1.165, 1.54) is 11.1 Å². The summed E-state index contributed by atoms with van der Waals surface area (Å²) in [5, 5.41) is 6.73. The quantitative estimate of drug-likeness (QED) is 0.295. The minimum atomic E-state index is 0.750. The Hall–Kier alpha value is -3.02. The lowest BCUT2D eigenvalue weighted by Crippen LogP contribution is -2.38. The molecule has 0 radical (unpaired) electrons. The van der Waals surface area contributed by atoms with Gasteiger partial charge in [-0.2, -0.15) is 0 Å². The van der Waals surface area contributed by atoms with E-state index >= 15 is 0 Å². The minimum absolute atomic E-state index is 0.750. The fourth-order valence-corrected chi connectivity index (χ4v) is 3.32. The van der Waals surface area contributed by atoms with Gasteiger partial charge in [0.25, 0.3) is 0 Å². The van der Waals surface area contributed by atoms with Gasteiger partial charge in [-0.05, 0) is 50.5 Å². The zero-order valence-electron chi connectivity index (χ0n) is 17.6. The number of benzene rings is 2. The van der Waals surface area contributed by atoms with Crippen LogP contribution in [0.25, 0.3) is 11.0 Å². The molecule has 2 aromatic carbocycles. The first-order valence-electron chi connectivity index (χ1n) is 10.3. The van der Waals surface area contributed by atoms with Crippen molar-refractivity contribution in [2.75, 3.05) is 26.7 Å². The van der Waals surface area contributed by atoms with Crippen LogP contribution in [-0.2, 0) is 12.8 Å². The number of ether oxygens (including phenoxy) is 1. The molecule has 0 saturated carbocycles. The van der Waals surface area contributed by atoms with E-state index in [4.69, 9.17) is 9.73 Å². The molecule has 0 amide bonds. The van der Waals surface area contributed by atoms with Crippen LogP contribution in [0.4, 0.5) is 0 Å². The molecule has 6 heteroatoms. The number of hydrogen-bond acceptors (Lipinski definition) is 3. The Kier molecular flexibility index (Phi) is 7.50. The molecule has 0 aliphatic rings. The van der Waals surface area contributed by atoms with Crippen molar-refractivity contribution in [2.24, 2.45) is 4.99 Å². The standard InChI is InChI=1S/C23H31N5O/c1-4-24-23(26-15-13-18-16-17(2)11-12-21(18)29-3)25-14-7-10-22-27-19-8-5-6-9-20(19)28-22/h5-6,8-9,11-12,16H,4,7,10,13-15H2,1-3H3,(H,27,28)(H2,24,25,26). The zero-order chi connectivity index (χ0) is 20.5. The van der Waals surface area contributed by atoms with Gasteiger partial charge in [0.1, 0.15) is 11.6 Å². The molecule has 0 saturated heterocycles. The topological polar surface area (TPSA) is 74.3 Å². The lowest BCUT2D eigenvalue weighted by Gasteiger charge is -2.13. The van der Waals surface area contributed by atoms with E-state index in [2.05, 4.69) is 52.6 Å². The number of aromatic amines is 1. The number of guanidine groups is 1. The molecule has 1 aromatic heterocycles. The van der Waals surface area contributed by atoms with Gasteiger partial charge in [-0.3, -0.25) is 4.99 Å². The second-order valence-corrected chi connectivity index (χ2v) is 7.06. The van der Waals surface area contributed by atoms with E-state index in [-0.39, 0.29) is 0 Å². The Morgan fingerprint density at radius 1 is 1.14 bits per heavy atom. The first-order valence-corrected chi connectivity index (χ1v) is 10.3. The maximum absolute atomic E-state index is 5.47. The molecule has 0 bridgehead atoms. The highest BCUT2D eigenvalue weighted by Crippen LogP contribution is 2.19. The molecular weight excluding hydrogens is 362 g/mol. The summed E-state index contributed by atoms with van der Waals surface area (Å²) in [6, 6.07) is 14.4. The lowest BCUT2D eigenvalue weighted by atomic mass is 10.1. The van der Waals surface area contributed by atoms with Crippen LogP contribution < -0.4 is 15.4 Å². The molecule has 3 aromatic rings. The summed E-state index contributed by atoms with van der Waals surface area (Å²) in [6.07, 6.45) is 2.72. The van der Waals surface area contributed by atoms with Gasteiger partial charge in [-0.15, -0.1) is 0 Å². The molecule has 6 nitrogen and oxygen atoms in total. The van der Waals surface area contributed by atoms with Crippen LogP contribution in [0.3, 0.4) is 0 Å². The molecule has 0 aliphatic carbocycles. The number of H-pyrrole nitrogens is 1. The van der Waals surface area contributed by atoms with Crippen molar-refractivity contribution in [3.63, 3.8) is 0 Å². The highest BCUT2D eigenvalue weighted by atomic mass is 16.5. The number of rotatable bonds is 9. The summed E-state index contributed by atoms with van der Waals surface area (Å²) in [6.45, 7) is 6.57. The molecule has 154 valence electrons. The molecular formula is C23H31N5O. The van der Waals surface area contributed by atoms with Crippen molar-refractivity contribution >= 4 is 17.0 Å². The SMILES string of the molecule is CCNC(=NCCCc1nc2ccccc2[nH]1)NCCc1cc(C)ccc1OC. The minimum Gasteiger partial charge on any atom is -0.496 e. The van der Waals surface area contributed by atoms with Crippen LogP contribution in [0.15, 0.2) is 47.5 Å². The molecule has 29 heavy (non-hydrogen) atoms. The first kappa shape index (κ1) is 20.7. The van der Waals surface area contributed by atoms with E-state index in [0.717, 1.165) is 67.5 Å². The lowest BCUT2D eigenvalue weighted by molar-refractivity contribution is 0.409. The predicted octanol–water partition coefficient (Wildman–Crippen LogP) is 3.61. The third-order valence-corrected chi connectivity index (χ3v) is 4.75. The van der Waals surface area contributed by atoms with Gasteiger partial charge in [0.05, 0.1) is 18.1 Å². The number of fused-ring (bicyclic) bond motifs is 1. The number of aromatic nitrogens is 2. The maximum atomic E-state index is 5.47. The van der Waals surface area contributed by atoms with Gasteiger partial charge in [0.15, 0.2) is 5.96 Å². The normalized spacial score (nSPS) is 11.6. The fourth-order valence-electron chi connectivity index (χ4n) is 3.32. The number of methoxy groups -OCH3 is 1. The average molecular weight is 394 g/mol. The number of nitrogens with one attached hydrogen (secondary N) is 3. The molecule has 0 fully saturated rings. The fraction of sp³-hybridized carbons (Fsp3) is 0.391.